The summed E-state index contributed by atoms with van der Waals surface area (Å²) in [6.45, 7) is 4.39. The molecule has 0 bridgehead atoms. The van der Waals surface area contributed by atoms with Crippen molar-refractivity contribution in [3.63, 3.8) is 0 Å². The summed E-state index contributed by atoms with van der Waals surface area (Å²) in [6.07, 6.45) is 21.1. The van der Waals surface area contributed by atoms with E-state index in [0.29, 0.717) is 23.0 Å². The second kappa shape index (κ2) is 15.6. The number of benzene rings is 2. The smallest absolute Gasteiger partial charge is 0.343 e. The summed E-state index contributed by atoms with van der Waals surface area (Å²) in [4.78, 5) is 30.7. The molecule has 0 radical (unpaired) electrons. The Labute approximate surface area is 238 Å². The maximum Gasteiger partial charge on any atom is 0.343 e. The van der Waals surface area contributed by atoms with Crippen LogP contribution >= 0.6 is 0 Å². The van der Waals surface area contributed by atoms with Crippen LogP contribution in [0.1, 0.15) is 93.1 Å². The Morgan fingerprint density at radius 2 is 1.05 bits per heavy atom. The van der Waals surface area contributed by atoms with Gasteiger partial charge in [0, 0.05) is 35.9 Å². The molecule has 2 aromatic carbocycles. The van der Waals surface area contributed by atoms with Gasteiger partial charge < -0.3 is 4.74 Å². The van der Waals surface area contributed by atoms with E-state index in [1.54, 1.807) is 24.3 Å². The van der Waals surface area contributed by atoms with Gasteiger partial charge in [0.25, 0.3) is 0 Å². The van der Waals surface area contributed by atoms with Gasteiger partial charge in [-0.2, -0.15) is 0 Å². The summed E-state index contributed by atoms with van der Waals surface area (Å²) in [5.41, 5.74) is 4.50. The number of nitrogens with zero attached hydrogens (tertiary/aromatic N) is 4. The molecule has 0 N–H and O–H groups in total. The highest BCUT2D eigenvalue weighted by Gasteiger charge is 2.11. The third-order valence-corrected chi connectivity index (χ3v) is 6.97. The number of unbranched alkanes of at least 4 members (excludes halogenated alkanes) is 7. The van der Waals surface area contributed by atoms with Gasteiger partial charge in [0.05, 0.1) is 5.56 Å². The number of rotatable bonds is 15. The SMILES string of the molecule is CCCCCCCCCCc1cnc(-c2ccc(C(=O)Oc3ccc(-c4ncc(CCC)cn4)cc3)cc2)nc1. The van der Waals surface area contributed by atoms with Crippen LogP contribution in [0.2, 0.25) is 0 Å². The van der Waals surface area contributed by atoms with Crippen molar-refractivity contribution in [2.24, 2.45) is 0 Å². The molecule has 0 amide bonds. The number of aryl methyl sites for hydroxylation is 2. The van der Waals surface area contributed by atoms with Crippen molar-refractivity contribution in [1.29, 1.82) is 0 Å². The van der Waals surface area contributed by atoms with Crippen LogP contribution in [0, 0.1) is 0 Å². The van der Waals surface area contributed by atoms with Gasteiger partial charge in [-0.05, 0) is 66.8 Å². The summed E-state index contributed by atoms with van der Waals surface area (Å²) in [7, 11) is 0. The number of hydrogen-bond donors (Lipinski definition) is 0. The molecular weight excluding hydrogens is 496 g/mol. The van der Waals surface area contributed by atoms with E-state index < -0.39 is 5.97 Å². The average molecular weight is 537 g/mol. The lowest BCUT2D eigenvalue weighted by Gasteiger charge is -2.07. The molecule has 0 saturated carbocycles. The molecule has 0 fully saturated rings. The molecule has 0 atom stereocenters. The monoisotopic (exact) mass is 536 g/mol. The molecule has 4 aromatic rings. The third-order valence-electron chi connectivity index (χ3n) is 6.97. The highest BCUT2D eigenvalue weighted by molar-refractivity contribution is 5.91. The maximum absolute atomic E-state index is 12.7. The summed E-state index contributed by atoms with van der Waals surface area (Å²) in [5.74, 6) is 1.36. The van der Waals surface area contributed by atoms with E-state index in [0.717, 1.165) is 36.0 Å². The molecule has 208 valence electrons. The van der Waals surface area contributed by atoms with E-state index in [4.69, 9.17) is 4.74 Å². The molecular formula is C34H40N4O2. The summed E-state index contributed by atoms with van der Waals surface area (Å²) in [5, 5.41) is 0. The van der Waals surface area contributed by atoms with Crippen LogP contribution in [0.3, 0.4) is 0 Å². The van der Waals surface area contributed by atoms with Crippen LogP contribution in [0.15, 0.2) is 73.3 Å². The Morgan fingerprint density at radius 1 is 0.575 bits per heavy atom. The predicted octanol–water partition coefficient (Wildman–Crippen LogP) is 8.46. The van der Waals surface area contributed by atoms with Crippen molar-refractivity contribution in [1.82, 2.24) is 19.9 Å². The zero-order valence-corrected chi connectivity index (χ0v) is 23.8. The zero-order valence-electron chi connectivity index (χ0n) is 23.8. The minimum atomic E-state index is -0.416. The molecule has 0 aliphatic carbocycles. The second-order valence-electron chi connectivity index (χ2n) is 10.3. The zero-order chi connectivity index (χ0) is 28.0. The summed E-state index contributed by atoms with van der Waals surface area (Å²) in [6, 6.07) is 14.4. The van der Waals surface area contributed by atoms with Crippen molar-refractivity contribution in [3.8, 4) is 28.5 Å². The second-order valence-corrected chi connectivity index (χ2v) is 10.3. The molecule has 0 aliphatic heterocycles. The van der Waals surface area contributed by atoms with E-state index in [9.17, 15) is 4.79 Å². The Hall–Kier alpha value is -3.93. The van der Waals surface area contributed by atoms with Gasteiger partial charge in [0.15, 0.2) is 11.6 Å². The lowest BCUT2D eigenvalue weighted by molar-refractivity contribution is 0.0735. The lowest BCUT2D eigenvalue weighted by atomic mass is 10.1. The first-order valence-corrected chi connectivity index (χ1v) is 14.7. The number of carbonyl (C=O) groups excluding carboxylic acids is 1. The quantitative estimate of drug-likeness (QED) is 0.0861. The molecule has 6 nitrogen and oxygen atoms in total. The molecule has 0 unspecified atom stereocenters. The van der Waals surface area contributed by atoms with Crippen LogP contribution < -0.4 is 4.74 Å². The fourth-order valence-electron chi connectivity index (χ4n) is 4.61. The molecule has 40 heavy (non-hydrogen) atoms. The van der Waals surface area contributed by atoms with Crippen LogP contribution in [0.4, 0.5) is 0 Å². The first-order valence-electron chi connectivity index (χ1n) is 14.7. The minimum Gasteiger partial charge on any atom is -0.423 e. The molecule has 4 rings (SSSR count). The average Bonchev–Trinajstić information content (AvgIpc) is 3.00. The van der Waals surface area contributed by atoms with Gasteiger partial charge in [-0.3, -0.25) is 0 Å². The van der Waals surface area contributed by atoms with E-state index >= 15 is 0 Å². The minimum absolute atomic E-state index is 0.416. The van der Waals surface area contributed by atoms with Crippen LogP contribution in [-0.4, -0.2) is 25.9 Å². The predicted molar refractivity (Wildman–Crippen MR) is 160 cm³/mol. The van der Waals surface area contributed by atoms with Crippen LogP contribution in [0.25, 0.3) is 22.8 Å². The van der Waals surface area contributed by atoms with Gasteiger partial charge in [-0.25, -0.2) is 24.7 Å². The maximum atomic E-state index is 12.7. The molecule has 2 aromatic heterocycles. The summed E-state index contributed by atoms with van der Waals surface area (Å²) < 4.78 is 5.57. The van der Waals surface area contributed by atoms with Gasteiger partial charge in [0.1, 0.15) is 5.75 Å². The number of hydrogen-bond acceptors (Lipinski definition) is 6. The van der Waals surface area contributed by atoms with Crippen molar-refractivity contribution in [3.05, 3.63) is 90.0 Å². The van der Waals surface area contributed by atoms with Gasteiger partial charge in [-0.1, -0.05) is 77.3 Å². The molecule has 0 aliphatic rings. The number of esters is 1. The molecule has 2 heterocycles. The Bertz CT molecular complexity index is 1300. The van der Waals surface area contributed by atoms with Gasteiger partial charge in [-0.15, -0.1) is 0 Å². The Balaban J connectivity index is 1.24. The Morgan fingerprint density at radius 3 is 1.57 bits per heavy atom. The highest BCUT2D eigenvalue weighted by atomic mass is 16.5. The first-order chi connectivity index (χ1) is 19.7. The van der Waals surface area contributed by atoms with E-state index in [1.807, 2.05) is 49.1 Å². The van der Waals surface area contributed by atoms with Crippen molar-refractivity contribution in [2.45, 2.75) is 84.5 Å². The largest absolute Gasteiger partial charge is 0.423 e. The molecule has 0 saturated heterocycles. The normalized spacial score (nSPS) is 10.9. The van der Waals surface area contributed by atoms with Crippen molar-refractivity contribution in [2.75, 3.05) is 0 Å². The molecule has 0 spiro atoms. The van der Waals surface area contributed by atoms with E-state index in [-0.39, 0.29) is 0 Å². The van der Waals surface area contributed by atoms with Crippen molar-refractivity contribution < 1.29 is 9.53 Å². The van der Waals surface area contributed by atoms with E-state index in [1.165, 1.54) is 56.9 Å². The summed E-state index contributed by atoms with van der Waals surface area (Å²) >= 11 is 0. The fourth-order valence-corrected chi connectivity index (χ4v) is 4.61. The lowest BCUT2D eigenvalue weighted by Crippen LogP contribution is -2.08. The van der Waals surface area contributed by atoms with Crippen LogP contribution in [-0.2, 0) is 12.8 Å². The fraction of sp³-hybridized carbons (Fsp3) is 0.382. The van der Waals surface area contributed by atoms with Crippen LogP contribution in [0.5, 0.6) is 5.75 Å². The van der Waals surface area contributed by atoms with Crippen molar-refractivity contribution >= 4 is 5.97 Å². The standard InChI is InChI=1S/C34H40N4O2/c1-3-5-6-7-8-9-10-11-13-27-24-37-32(38-25-27)28-14-16-30(17-15-28)34(39)40-31-20-18-29(19-21-31)33-35-22-26(12-4-2)23-36-33/h14-25H,3-13H2,1-2H3. The van der Waals surface area contributed by atoms with Gasteiger partial charge in [0.2, 0.25) is 0 Å². The number of aromatic nitrogens is 4. The van der Waals surface area contributed by atoms with E-state index in [2.05, 4.69) is 33.8 Å². The topological polar surface area (TPSA) is 77.9 Å². The first kappa shape index (κ1) is 29.1. The number of carbonyl (C=O) groups is 1. The Kier molecular flexibility index (Phi) is 11.3. The third kappa shape index (κ3) is 8.80. The number of ether oxygens (including phenoxy) is 1. The highest BCUT2D eigenvalue weighted by Crippen LogP contribution is 2.22. The molecule has 6 heteroatoms. The van der Waals surface area contributed by atoms with Gasteiger partial charge >= 0.3 is 5.97 Å².